The lowest BCUT2D eigenvalue weighted by atomic mass is 10.1. The number of ether oxygens (including phenoxy) is 4. The molecule has 0 aliphatic carbocycles. The molecule has 0 N–H and O–H groups in total. The van der Waals surface area contributed by atoms with E-state index in [1.807, 2.05) is 0 Å². The lowest BCUT2D eigenvalue weighted by Crippen LogP contribution is -2.26. The van der Waals surface area contributed by atoms with Crippen LogP contribution in [0.25, 0.3) is 0 Å². The second kappa shape index (κ2) is 7.20. The van der Waals surface area contributed by atoms with Gasteiger partial charge in [-0.2, -0.15) is 0 Å². The van der Waals surface area contributed by atoms with Gasteiger partial charge in [-0.05, 0) is 31.4 Å². The van der Waals surface area contributed by atoms with Crippen LogP contribution in [0.1, 0.15) is 36.0 Å². The molecule has 0 saturated carbocycles. The smallest absolute Gasteiger partial charge is 0.338 e. The van der Waals surface area contributed by atoms with Gasteiger partial charge in [0, 0.05) is 13.0 Å². The number of hydrogen-bond donors (Lipinski definition) is 0. The normalized spacial score (nSPS) is 21.0. The molecular weight excluding hydrogens is 308 g/mol. The Hall–Kier alpha value is -1.46. The van der Waals surface area contributed by atoms with Crippen molar-refractivity contribution in [1.82, 2.24) is 0 Å². The van der Waals surface area contributed by atoms with Gasteiger partial charge in [0.15, 0.2) is 11.5 Å². The van der Waals surface area contributed by atoms with Gasteiger partial charge < -0.3 is 18.9 Å². The highest BCUT2D eigenvalue weighted by Crippen LogP contribution is 2.38. The van der Waals surface area contributed by atoms with Crippen LogP contribution in [-0.4, -0.2) is 38.5 Å². The van der Waals surface area contributed by atoms with E-state index in [1.54, 1.807) is 12.1 Å². The number of carbonyl (C=O) groups is 1. The summed E-state index contributed by atoms with van der Waals surface area (Å²) in [6, 6.07) is 3.18. The van der Waals surface area contributed by atoms with E-state index in [-0.39, 0.29) is 12.7 Å². The fraction of sp³-hybridized carbons (Fsp3) is 0.562. The number of esters is 1. The summed E-state index contributed by atoms with van der Waals surface area (Å²) in [6.45, 7) is 2.09. The van der Waals surface area contributed by atoms with Gasteiger partial charge in [-0.25, -0.2) is 4.79 Å². The Morgan fingerprint density at radius 1 is 1.18 bits per heavy atom. The molecule has 6 heteroatoms. The Morgan fingerprint density at radius 2 is 2.05 bits per heavy atom. The van der Waals surface area contributed by atoms with Gasteiger partial charge in [-0.1, -0.05) is 11.6 Å². The van der Waals surface area contributed by atoms with E-state index in [1.165, 1.54) is 0 Å². The minimum absolute atomic E-state index is 0.00594. The standard InChI is InChI=1S/C16H19ClO5/c17-13-8-11(9-14-15(13)21-7-3-6-20-14)16(18)22-10-12-4-1-2-5-19-12/h8-9,12H,1-7,10H2. The summed E-state index contributed by atoms with van der Waals surface area (Å²) in [5, 5.41) is 0.361. The topological polar surface area (TPSA) is 54.0 Å². The monoisotopic (exact) mass is 326 g/mol. The highest BCUT2D eigenvalue weighted by atomic mass is 35.5. The summed E-state index contributed by atoms with van der Waals surface area (Å²) >= 11 is 6.18. The summed E-state index contributed by atoms with van der Waals surface area (Å²) in [5.41, 5.74) is 0.366. The number of hydrogen-bond acceptors (Lipinski definition) is 5. The predicted molar refractivity (Wildman–Crippen MR) is 80.9 cm³/mol. The van der Waals surface area contributed by atoms with Crippen molar-refractivity contribution in [2.24, 2.45) is 0 Å². The van der Waals surface area contributed by atoms with Crippen molar-refractivity contribution in [3.8, 4) is 11.5 Å². The van der Waals surface area contributed by atoms with Crippen LogP contribution in [0.2, 0.25) is 5.02 Å². The van der Waals surface area contributed by atoms with E-state index in [9.17, 15) is 4.79 Å². The maximum Gasteiger partial charge on any atom is 0.338 e. The third kappa shape index (κ3) is 3.65. The molecule has 5 nitrogen and oxygen atoms in total. The Labute approximate surface area is 134 Å². The van der Waals surface area contributed by atoms with Crippen molar-refractivity contribution in [3.63, 3.8) is 0 Å². The van der Waals surface area contributed by atoms with Crippen LogP contribution in [0.5, 0.6) is 11.5 Å². The largest absolute Gasteiger partial charge is 0.489 e. The molecule has 0 radical (unpaired) electrons. The second-order valence-electron chi connectivity index (χ2n) is 5.42. The molecule has 120 valence electrons. The maximum atomic E-state index is 12.2. The molecule has 1 unspecified atom stereocenters. The van der Waals surface area contributed by atoms with Crippen LogP contribution in [0.4, 0.5) is 0 Å². The minimum Gasteiger partial charge on any atom is -0.489 e. The van der Waals surface area contributed by atoms with Gasteiger partial charge >= 0.3 is 5.97 Å². The molecule has 1 atom stereocenters. The van der Waals surface area contributed by atoms with Crippen molar-refractivity contribution in [2.45, 2.75) is 31.8 Å². The summed E-state index contributed by atoms with van der Waals surface area (Å²) in [5.74, 6) is 0.559. The van der Waals surface area contributed by atoms with Crippen LogP contribution in [-0.2, 0) is 9.47 Å². The molecule has 2 aliphatic heterocycles. The number of halogens is 1. The van der Waals surface area contributed by atoms with Crippen LogP contribution in [0, 0.1) is 0 Å². The number of rotatable bonds is 3. The van der Waals surface area contributed by atoms with Crippen molar-refractivity contribution in [3.05, 3.63) is 22.7 Å². The first-order valence-electron chi connectivity index (χ1n) is 7.62. The first kappa shape index (κ1) is 15.4. The molecule has 1 saturated heterocycles. The summed E-state index contributed by atoms with van der Waals surface area (Å²) < 4.78 is 22.0. The van der Waals surface area contributed by atoms with E-state index < -0.39 is 5.97 Å². The van der Waals surface area contributed by atoms with E-state index in [4.69, 9.17) is 30.5 Å². The lowest BCUT2D eigenvalue weighted by molar-refractivity contribution is -0.0300. The lowest BCUT2D eigenvalue weighted by Gasteiger charge is -2.22. The SMILES string of the molecule is O=C(OCC1CCCCO1)c1cc(Cl)c2c(c1)OCCCO2. The van der Waals surface area contributed by atoms with E-state index in [0.717, 1.165) is 32.3 Å². The first-order valence-corrected chi connectivity index (χ1v) is 8.00. The Morgan fingerprint density at radius 3 is 2.86 bits per heavy atom. The molecule has 0 amide bonds. The van der Waals surface area contributed by atoms with Crippen LogP contribution < -0.4 is 9.47 Å². The quantitative estimate of drug-likeness (QED) is 0.798. The Bertz CT molecular complexity index is 540. The minimum atomic E-state index is -0.424. The highest BCUT2D eigenvalue weighted by Gasteiger charge is 2.21. The first-order chi connectivity index (χ1) is 10.7. The molecular formula is C16H19ClO5. The molecule has 1 aromatic rings. The summed E-state index contributed by atoms with van der Waals surface area (Å²) in [4.78, 5) is 12.2. The Balaban J connectivity index is 1.67. The fourth-order valence-electron chi connectivity index (χ4n) is 2.54. The molecule has 1 aromatic carbocycles. The van der Waals surface area contributed by atoms with Gasteiger partial charge in [0.2, 0.25) is 0 Å². The third-order valence-corrected chi connectivity index (χ3v) is 3.99. The van der Waals surface area contributed by atoms with E-state index in [2.05, 4.69) is 0 Å². The van der Waals surface area contributed by atoms with Crippen LogP contribution in [0.15, 0.2) is 12.1 Å². The molecule has 2 aliphatic rings. The number of fused-ring (bicyclic) bond motifs is 1. The van der Waals surface area contributed by atoms with Gasteiger partial charge in [0.25, 0.3) is 0 Å². The molecule has 22 heavy (non-hydrogen) atoms. The zero-order valence-electron chi connectivity index (χ0n) is 12.3. The predicted octanol–water partition coefficient (Wildman–Crippen LogP) is 3.23. The number of benzene rings is 1. The molecule has 0 bridgehead atoms. The summed E-state index contributed by atoms with van der Waals surface area (Å²) in [6.07, 6.45) is 3.88. The third-order valence-electron chi connectivity index (χ3n) is 3.71. The fourth-order valence-corrected chi connectivity index (χ4v) is 2.80. The number of carbonyl (C=O) groups excluding carboxylic acids is 1. The zero-order valence-corrected chi connectivity index (χ0v) is 13.1. The molecule has 0 aromatic heterocycles. The zero-order chi connectivity index (χ0) is 15.4. The van der Waals surface area contributed by atoms with Crippen molar-refractivity contribution >= 4 is 17.6 Å². The molecule has 3 rings (SSSR count). The van der Waals surface area contributed by atoms with Gasteiger partial charge in [-0.3, -0.25) is 0 Å². The van der Waals surface area contributed by atoms with E-state index >= 15 is 0 Å². The van der Waals surface area contributed by atoms with Crippen LogP contribution >= 0.6 is 11.6 Å². The average Bonchev–Trinajstić information content (AvgIpc) is 2.79. The molecule has 1 fully saturated rings. The summed E-state index contributed by atoms with van der Waals surface area (Å²) in [7, 11) is 0. The second-order valence-corrected chi connectivity index (χ2v) is 5.83. The van der Waals surface area contributed by atoms with Crippen molar-refractivity contribution < 1.29 is 23.7 Å². The van der Waals surface area contributed by atoms with Gasteiger partial charge in [-0.15, -0.1) is 0 Å². The average molecular weight is 327 g/mol. The molecule has 0 spiro atoms. The molecule has 2 heterocycles. The van der Waals surface area contributed by atoms with Crippen LogP contribution in [0.3, 0.4) is 0 Å². The van der Waals surface area contributed by atoms with E-state index in [0.29, 0.717) is 35.3 Å². The van der Waals surface area contributed by atoms with Crippen molar-refractivity contribution in [1.29, 1.82) is 0 Å². The van der Waals surface area contributed by atoms with Gasteiger partial charge in [0.1, 0.15) is 6.61 Å². The van der Waals surface area contributed by atoms with Gasteiger partial charge in [0.05, 0.1) is 29.9 Å². The maximum absolute atomic E-state index is 12.2. The van der Waals surface area contributed by atoms with Crippen molar-refractivity contribution in [2.75, 3.05) is 26.4 Å². The Kier molecular flexibility index (Phi) is 5.05. The highest BCUT2D eigenvalue weighted by molar-refractivity contribution is 6.32.